The molecular weight excluding hydrogens is 282 g/mol. The molecule has 1 saturated carbocycles. The molecule has 1 unspecified atom stereocenters. The summed E-state index contributed by atoms with van der Waals surface area (Å²) >= 11 is 0. The van der Waals surface area contributed by atoms with E-state index in [2.05, 4.69) is 5.32 Å². The first-order chi connectivity index (χ1) is 9.91. The maximum atomic E-state index is 13.4. The van der Waals surface area contributed by atoms with Gasteiger partial charge in [-0.25, -0.2) is 4.39 Å². The minimum Gasteiger partial charge on any atom is -0.310 e. The highest BCUT2D eigenvalue weighted by Crippen LogP contribution is 2.36. The molecule has 0 heterocycles. The summed E-state index contributed by atoms with van der Waals surface area (Å²) in [6.07, 6.45) is 0.826. The Morgan fingerprint density at radius 2 is 1.90 bits per heavy atom. The van der Waals surface area contributed by atoms with Crippen molar-refractivity contribution in [3.63, 3.8) is 0 Å². The van der Waals surface area contributed by atoms with Gasteiger partial charge in [-0.1, -0.05) is 38.7 Å². The van der Waals surface area contributed by atoms with Crippen molar-refractivity contribution in [2.75, 3.05) is 6.54 Å². The molecule has 1 N–H and O–H groups in total. The highest BCUT2D eigenvalue weighted by atomic mass is 19.4. The molecule has 1 nitrogen and oxygen atoms in total. The molecule has 1 fully saturated rings. The molecule has 0 aromatic heterocycles. The van der Waals surface area contributed by atoms with E-state index in [0.717, 1.165) is 31.4 Å². The van der Waals surface area contributed by atoms with Crippen molar-refractivity contribution >= 4 is 0 Å². The van der Waals surface area contributed by atoms with Crippen molar-refractivity contribution in [3.05, 3.63) is 35.1 Å². The molecule has 2 rings (SSSR count). The molecule has 0 amide bonds. The Labute approximate surface area is 122 Å². The second kappa shape index (κ2) is 6.77. The van der Waals surface area contributed by atoms with Crippen LogP contribution in [-0.4, -0.2) is 6.54 Å². The number of benzene rings is 1. The van der Waals surface area contributed by atoms with Gasteiger partial charge in [0.15, 0.2) is 0 Å². The molecule has 1 aliphatic carbocycles. The number of hydrogen-bond donors (Lipinski definition) is 1. The maximum absolute atomic E-state index is 13.4. The van der Waals surface area contributed by atoms with E-state index >= 15 is 0 Å². The van der Waals surface area contributed by atoms with Crippen molar-refractivity contribution in [2.45, 2.75) is 51.2 Å². The van der Waals surface area contributed by atoms with Gasteiger partial charge in [0, 0.05) is 6.04 Å². The summed E-state index contributed by atoms with van der Waals surface area (Å²) in [5, 5.41) is 3.23. The van der Waals surface area contributed by atoms with Gasteiger partial charge in [0.1, 0.15) is 5.82 Å². The van der Waals surface area contributed by atoms with Crippen LogP contribution in [0.4, 0.5) is 17.6 Å². The van der Waals surface area contributed by atoms with Crippen LogP contribution in [0.2, 0.25) is 0 Å². The second-order valence-electron chi connectivity index (χ2n) is 5.73. The summed E-state index contributed by atoms with van der Waals surface area (Å²) in [6.45, 7) is 2.60. The number of halogens is 4. The van der Waals surface area contributed by atoms with Crippen LogP contribution in [0.15, 0.2) is 18.2 Å². The standard InChI is InChI=1S/C16H21F4N/c1-2-21-15(9-11-5-3-4-6-11)12-7-8-14(17)13(10-12)16(18,19)20/h7-8,10-11,15,21H,2-6,9H2,1H3. The fourth-order valence-corrected chi connectivity index (χ4v) is 3.14. The van der Waals surface area contributed by atoms with Crippen LogP contribution in [0.5, 0.6) is 0 Å². The lowest BCUT2D eigenvalue weighted by Gasteiger charge is -2.23. The molecule has 1 aromatic carbocycles. The van der Waals surface area contributed by atoms with E-state index in [-0.39, 0.29) is 6.04 Å². The van der Waals surface area contributed by atoms with E-state index in [1.807, 2.05) is 6.92 Å². The highest BCUT2D eigenvalue weighted by molar-refractivity contribution is 5.29. The zero-order valence-corrected chi connectivity index (χ0v) is 12.1. The summed E-state index contributed by atoms with van der Waals surface area (Å²) < 4.78 is 51.8. The average molecular weight is 303 g/mol. The molecule has 5 heteroatoms. The molecule has 0 spiro atoms. The van der Waals surface area contributed by atoms with E-state index in [0.29, 0.717) is 18.0 Å². The molecule has 0 saturated heterocycles. The van der Waals surface area contributed by atoms with Gasteiger partial charge < -0.3 is 5.32 Å². The van der Waals surface area contributed by atoms with Gasteiger partial charge in [-0.15, -0.1) is 0 Å². The van der Waals surface area contributed by atoms with Crippen molar-refractivity contribution in [1.29, 1.82) is 0 Å². The van der Waals surface area contributed by atoms with Crippen LogP contribution in [0.1, 0.15) is 56.2 Å². The second-order valence-corrected chi connectivity index (χ2v) is 5.73. The van der Waals surface area contributed by atoms with Crippen LogP contribution in [0.25, 0.3) is 0 Å². The number of nitrogens with one attached hydrogen (secondary N) is 1. The van der Waals surface area contributed by atoms with Gasteiger partial charge in [-0.2, -0.15) is 13.2 Å². The third-order valence-corrected chi connectivity index (χ3v) is 4.19. The monoisotopic (exact) mass is 303 g/mol. The van der Waals surface area contributed by atoms with Gasteiger partial charge in [0.25, 0.3) is 0 Å². The number of alkyl halides is 3. The minimum atomic E-state index is -4.65. The van der Waals surface area contributed by atoms with Crippen LogP contribution < -0.4 is 5.32 Å². The van der Waals surface area contributed by atoms with Gasteiger partial charge >= 0.3 is 6.18 Å². The molecule has 1 aromatic rings. The van der Waals surface area contributed by atoms with Crippen LogP contribution in [0.3, 0.4) is 0 Å². The van der Waals surface area contributed by atoms with Crippen molar-refractivity contribution in [3.8, 4) is 0 Å². The molecule has 1 aliphatic rings. The molecule has 0 aliphatic heterocycles. The van der Waals surface area contributed by atoms with E-state index in [4.69, 9.17) is 0 Å². The van der Waals surface area contributed by atoms with E-state index in [1.165, 1.54) is 18.9 Å². The Morgan fingerprint density at radius 3 is 2.48 bits per heavy atom. The normalized spacial score (nSPS) is 18.1. The van der Waals surface area contributed by atoms with Gasteiger partial charge in [-0.3, -0.25) is 0 Å². The van der Waals surface area contributed by atoms with E-state index < -0.39 is 17.6 Å². The van der Waals surface area contributed by atoms with E-state index in [9.17, 15) is 17.6 Å². The van der Waals surface area contributed by atoms with Gasteiger partial charge in [-0.05, 0) is 36.6 Å². The predicted molar refractivity (Wildman–Crippen MR) is 74.4 cm³/mol. The fourth-order valence-electron chi connectivity index (χ4n) is 3.14. The topological polar surface area (TPSA) is 12.0 Å². The first-order valence-electron chi connectivity index (χ1n) is 7.51. The van der Waals surface area contributed by atoms with Crippen molar-refractivity contribution < 1.29 is 17.6 Å². The maximum Gasteiger partial charge on any atom is 0.419 e. The van der Waals surface area contributed by atoms with Crippen LogP contribution in [-0.2, 0) is 6.18 Å². The Bertz CT molecular complexity index is 464. The summed E-state index contributed by atoms with van der Waals surface area (Å²) in [5.74, 6) is -0.657. The van der Waals surface area contributed by atoms with Crippen molar-refractivity contribution in [2.24, 2.45) is 5.92 Å². The lowest BCUT2D eigenvalue weighted by molar-refractivity contribution is -0.140. The molecular formula is C16H21F4N. The zero-order valence-electron chi connectivity index (χ0n) is 12.1. The quantitative estimate of drug-likeness (QED) is 0.748. The third kappa shape index (κ3) is 4.19. The molecule has 0 radical (unpaired) electrons. The summed E-state index contributed by atoms with van der Waals surface area (Å²) in [4.78, 5) is 0. The Balaban J connectivity index is 2.22. The van der Waals surface area contributed by atoms with Crippen LogP contribution in [0, 0.1) is 11.7 Å². The predicted octanol–water partition coefficient (Wildman–Crippen LogP) is 5.08. The molecule has 118 valence electrons. The largest absolute Gasteiger partial charge is 0.419 e. The van der Waals surface area contributed by atoms with E-state index in [1.54, 1.807) is 0 Å². The average Bonchev–Trinajstić information content (AvgIpc) is 2.90. The molecule has 21 heavy (non-hydrogen) atoms. The Morgan fingerprint density at radius 1 is 1.24 bits per heavy atom. The summed E-state index contributed by atoms with van der Waals surface area (Å²) in [6, 6.07) is 3.21. The fraction of sp³-hybridized carbons (Fsp3) is 0.625. The zero-order chi connectivity index (χ0) is 15.5. The minimum absolute atomic E-state index is 0.139. The Kier molecular flexibility index (Phi) is 5.25. The molecule has 1 atom stereocenters. The molecule has 0 bridgehead atoms. The Hall–Kier alpha value is -1.10. The summed E-state index contributed by atoms with van der Waals surface area (Å²) in [5.41, 5.74) is -0.646. The number of hydrogen-bond acceptors (Lipinski definition) is 1. The lowest BCUT2D eigenvalue weighted by Crippen LogP contribution is -2.23. The lowest BCUT2D eigenvalue weighted by atomic mass is 9.92. The van der Waals surface area contributed by atoms with Gasteiger partial charge in [0.05, 0.1) is 5.56 Å². The van der Waals surface area contributed by atoms with Crippen molar-refractivity contribution in [1.82, 2.24) is 5.32 Å². The van der Waals surface area contributed by atoms with Crippen LogP contribution >= 0.6 is 0 Å². The summed E-state index contributed by atoms with van der Waals surface area (Å²) in [7, 11) is 0. The first-order valence-corrected chi connectivity index (χ1v) is 7.51. The third-order valence-electron chi connectivity index (χ3n) is 4.19. The first kappa shape index (κ1) is 16.3. The SMILES string of the molecule is CCNC(CC1CCCC1)c1ccc(F)c(C(F)(F)F)c1. The smallest absolute Gasteiger partial charge is 0.310 e. The number of rotatable bonds is 5. The highest BCUT2D eigenvalue weighted by Gasteiger charge is 2.35. The van der Waals surface area contributed by atoms with Gasteiger partial charge in [0.2, 0.25) is 0 Å².